The van der Waals surface area contributed by atoms with Crippen LogP contribution in [0.25, 0.3) is 0 Å². The van der Waals surface area contributed by atoms with Crippen LogP contribution < -0.4 is 5.32 Å². The van der Waals surface area contributed by atoms with E-state index in [2.05, 4.69) is 5.32 Å². The van der Waals surface area contributed by atoms with E-state index in [1.165, 1.54) is 8.61 Å². The lowest BCUT2D eigenvalue weighted by Gasteiger charge is -2.30. The van der Waals surface area contributed by atoms with Crippen LogP contribution in [0.1, 0.15) is 25.7 Å². The Bertz CT molecular complexity index is 1110. The Hall–Kier alpha value is -1.44. The first-order valence-electron chi connectivity index (χ1n) is 10.6. The number of piperidine rings is 2. The van der Waals surface area contributed by atoms with Gasteiger partial charge < -0.3 is 10.4 Å². The van der Waals surface area contributed by atoms with Crippen LogP contribution in [-0.4, -0.2) is 81.1 Å². The van der Waals surface area contributed by atoms with Gasteiger partial charge in [0.15, 0.2) is 0 Å². The summed E-state index contributed by atoms with van der Waals surface area (Å²) in [6.45, 7) is 1.25. The molecule has 0 aromatic heterocycles. The molecule has 192 valence electrons. The Morgan fingerprint density at radius 2 is 1.41 bits per heavy atom. The molecule has 2 fully saturated rings. The van der Waals surface area contributed by atoms with E-state index in [4.69, 9.17) is 28.3 Å². The average molecular weight is 559 g/mol. The largest absolute Gasteiger partial charge is 0.481 e. The zero-order valence-electron chi connectivity index (χ0n) is 18.9. The molecule has 1 amide bonds. The molecule has 2 N–H and O–H groups in total. The number of hydrogen-bond donors (Lipinski definition) is 2. The number of rotatable bonds is 5. The Morgan fingerprint density at radius 3 is 1.88 bits per heavy atom. The van der Waals surface area contributed by atoms with Gasteiger partial charge in [0, 0.05) is 31.9 Å². The number of nitrogens with one attached hydrogen (secondary N) is 1. The van der Waals surface area contributed by atoms with Crippen LogP contribution >= 0.6 is 23.2 Å². The fourth-order valence-corrected chi connectivity index (χ4v) is 5.84. The molecule has 0 bridgehead atoms. The van der Waals surface area contributed by atoms with Crippen molar-refractivity contribution in [3.05, 3.63) is 28.2 Å². The second-order valence-corrected chi connectivity index (χ2v) is 13.2. The quantitative estimate of drug-likeness (QED) is 0.565. The van der Waals surface area contributed by atoms with Gasteiger partial charge in [0.25, 0.3) is 0 Å². The van der Waals surface area contributed by atoms with E-state index in [0.717, 1.165) is 12.5 Å². The lowest BCUT2D eigenvalue weighted by molar-refractivity contribution is -0.142. The van der Waals surface area contributed by atoms with Gasteiger partial charge in [-0.15, -0.1) is 0 Å². The molecule has 10 nitrogen and oxygen atoms in total. The molecule has 2 aliphatic heterocycles. The molecule has 0 radical (unpaired) electrons. The van der Waals surface area contributed by atoms with Gasteiger partial charge in [-0.2, -0.15) is 0 Å². The van der Waals surface area contributed by atoms with Gasteiger partial charge in [-0.05, 0) is 43.9 Å². The third-order valence-electron chi connectivity index (χ3n) is 5.61. The van der Waals surface area contributed by atoms with Crippen molar-refractivity contribution in [2.24, 2.45) is 11.8 Å². The van der Waals surface area contributed by atoms with Gasteiger partial charge in [-0.3, -0.25) is 9.59 Å². The van der Waals surface area contributed by atoms with Crippen LogP contribution in [0.5, 0.6) is 0 Å². The van der Waals surface area contributed by atoms with E-state index >= 15 is 0 Å². The summed E-state index contributed by atoms with van der Waals surface area (Å²) in [4.78, 5) is 22.8. The van der Waals surface area contributed by atoms with Crippen LogP contribution in [-0.2, 0) is 29.6 Å². The van der Waals surface area contributed by atoms with Crippen molar-refractivity contribution >= 4 is 60.8 Å². The van der Waals surface area contributed by atoms with Crippen molar-refractivity contribution in [1.29, 1.82) is 0 Å². The number of carboxylic acids is 1. The molecule has 2 aliphatic rings. The Labute approximate surface area is 210 Å². The number of halogens is 2. The fourth-order valence-electron chi connectivity index (χ4n) is 3.72. The standard InChI is InChI=1S/C13H16Cl2N2O3S.C7H13NO4S/c1-21(19,20)17-6-2-3-9(8-17)13(18)16-10-4-5-11(14)12(15)7-10;1-13(11,12)8-4-2-3-6(5-8)7(9)10/h4-5,7,9H,2-3,6,8H2,1H3,(H,16,18);6H,2-5H2,1H3,(H,9,10)/t9-;6-/m00/s1. The number of aliphatic carboxylic acids is 1. The minimum absolute atomic E-state index is 0.119. The first-order valence-corrected chi connectivity index (χ1v) is 15.0. The van der Waals surface area contributed by atoms with Gasteiger partial charge in [-0.25, -0.2) is 25.4 Å². The summed E-state index contributed by atoms with van der Waals surface area (Å²) in [5.41, 5.74) is 0.547. The minimum Gasteiger partial charge on any atom is -0.481 e. The molecule has 0 aliphatic carbocycles. The summed E-state index contributed by atoms with van der Waals surface area (Å²) in [5, 5.41) is 12.2. The predicted octanol–water partition coefficient (Wildman–Crippen LogP) is 2.35. The maximum absolute atomic E-state index is 12.2. The normalized spacial score (nSPS) is 22.4. The highest BCUT2D eigenvalue weighted by Gasteiger charge is 2.31. The summed E-state index contributed by atoms with van der Waals surface area (Å²) in [7, 11) is -6.49. The number of carboxylic acid groups (broad SMARTS) is 1. The molecular weight excluding hydrogens is 529 g/mol. The van der Waals surface area contributed by atoms with Gasteiger partial charge in [0.1, 0.15) is 0 Å². The van der Waals surface area contributed by atoms with E-state index in [0.29, 0.717) is 54.5 Å². The van der Waals surface area contributed by atoms with Gasteiger partial charge in [0.2, 0.25) is 26.0 Å². The van der Waals surface area contributed by atoms with Gasteiger partial charge >= 0.3 is 5.97 Å². The molecule has 34 heavy (non-hydrogen) atoms. The van der Waals surface area contributed by atoms with E-state index in [1.54, 1.807) is 18.2 Å². The smallest absolute Gasteiger partial charge is 0.307 e. The highest BCUT2D eigenvalue weighted by molar-refractivity contribution is 7.88. The number of sulfonamides is 2. The summed E-state index contributed by atoms with van der Waals surface area (Å²) in [5.74, 6) is -2.01. The third-order valence-corrected chi connectivity index (χ3v) is 8.89. The third kappa shape index (κ3) is 8.65. The molecule has 0 spiro atoms. The van der Waals surface area contributed by atoms with E-state index in [1.807, 2.05) is 0 Å². The van der Waals surface area contributed by atoms with Crippen molar-refractivity contribution < 1.29 is 31.5 Å². The first-order chi connectivity index (χ1) is 15.7. The van der Waals surface area contributed by atoms with Gasteiger partial charge in [0.05, 0.1) is 34.4 Å². The Balaban J connectivity index is 0.000000270. The number of nitrogens with zero attached hydrogens (tertiary/aromatic N) is 2. The van der Waals surface area contributed by atoms with Crippen molar-refractivity contribution in [2.45, 2.75) is 25.7 Å². The molecule has 2 atom stereocenters. The zero-order chi connectivity index (χ0) is 25.7. The number of anilines is 1. The van der Waals surface area contributed by atoms with Crippen LogP contribution in [0, 0.1) is 11.8 Å². The highest BCUT2D eigenvalue weighted by atomic mass is 35.5. The molecule has 2 saturated heterocycles. The molecular formula is C20H29Cl2N3O7S2. The van der Waals surface area contributed by atoms with E-state index in [9.17, 15) is 26.4 Å². The molecule has 2 heterocycles. The second-order valence-electron chi connectivity index (χ2n) is 8.38. The molecule has 3 rings (SSSR count). The summed E-state index contributed by atoms with van der Waals surface area (Å²) in [6, 6.07) is 4.82. The summed E-state index contributed by atoms with van der Waals surface area (Å²) >= 11 is 11.7. The monoisotopic (exact) mass is 557 g/mol. The maximum Gasteiger partial charge on any atom is 0.307 e. The van der Waals surface area contributed by atoms with Crippen molar-refractivity contribution in [3.63, 3.8) is 0 Å². The molecule has 0 unspecified atom stereocenters. The van der Waals surface area contributed by atoms with Crippen LogP contribution in [0.3, 0.4) is 0 Å². The van der Waals surface area contributed by atoms with Crippen molar-refractivity contribution in [1.82, 2.24) is 8.61 Å². The SMILES string of the molecule is CS(=O)(=O)N1CCC[C@H](C(=O)Nc2ccc(Cl)c(Cl)c2)C1.CS(=O)(=O)N1CCC[C@H](C(=O)O)C1. The topological polar surface area (TPSA) is 141 Å². The summed E-state index contributed by atoms with van der Waals surface area (Å²) in [6.07, 6.45) is 4.81. The maximum atomic E-state index is 12.2. The number of carbonyl (C=O) groups is 2. The Morgan fingerprint density at radius 1 is 0.912 bits per heavy atom. The van der Waals surface area contributed by atoms with Crippen LogP contribution in [0.2, 0.25) is 10.0 Å². The number of carbonyl (C=O) groups excluding carboxylic acids is 1. The molecule has 14 heteroatoms. The van der Waals surface area contributed by atoms with Crippen LogP contribution in [0.15, 0.2) is 18.2 Å². The van der Waals surface area contributed by atoms with E-state index in [-0.39, 0.29) is 24.9 Å². The number of benzene rings is 1. The number of hydrogen-bond acceptors (Lipinski definition) is 6. The molecule has 0 saturated carbocycles. The summed E-state index contributed by atoms with van der Waals surface area (Å²) < 4.78 is 47.9. The van der Waals surface area contributed by atoms with Crippen molar-refractivity contribution in [3.8, 4) is 0 Å². The zero-order valence-corrected chi connectivity index (χ0v) is 22.1. The highest BCUT2D eigenvalue weighted by Crippen LogP contribution is 2.26. The average Bonchev–Trinajstić information content (AvgIpc) is 2.76. The van der Waals surface area contributed by atoms with Gasteiger partial charge in [-0.1, -0.05) is 23.2 Å². The fraction of sp³-hybridized carbons (Fsp3) is 0.600. The van der Waals surface area contributed by atoms with E-state index < -0.39 is 31.9 Å². The second kappa shape index (κ2) is 12.0. The molecule has 1 aromatic rings. The number of amides is 1. The lowest BCUT2D eigenvalue weighted by atomic mass is 9.99. The Kier molecular flexibility index (Phi) is 10.2. The van der Waals surface area contributed by atoms with Crippen LogP contribution in [0.4, 0.5) is 5.69 Å². The predicted molar refractivity (Wildman–Crippen MR) is 131 cm³/mol. The molecule has 1 aromatic carbocycles. The lowest BCUT2D eigenvalue weighted by Crippen LogP contribution is -2.43. The van der Waals surface area contributed by atoms with Crippen molar-refractivity contribution in [2.75, 3.05) is 44.0 Å². The first kappa shape index (κ1) is 28.8. The minimum atomic E-state index is -3.26.